The smallest absolute Gasteiger partial charge is 0.266 e. The number of rotatable bonds is 11. The van der Waals surface area contributed by atoms with Crippen LogP contribution in [0.1, 0.15) is 19.4 Å². The maximum Gasteiger partial charge on any atom is 0.266 e. The average molecular weight is 616 g/mol. The number of aromatic nitrogens is 3. The number of carbonyl (C=O) groups excluding carboxylic acids is 1. The maximum absolute atomic E-state index is 14.1. The number of amides is 1. The van der Waals surface area contributed by atoms with Crippen LogP contribution in [0.2, 0.25) is 5.02 Å². The van der Waals surface area contributed by atoms with E-state index in [0.717, 1.165) is 5.56 Å². The van der Waals surface area contributed by atoms with E-state index < -0.39 is 11.4 Å². The number of carbonyl (C=O) groups is 1. The van der Waals surface area contributed by atoms with Crippen molar-refractivity contribution in [3.8, 4) is 28.7 Å². The van der Waals surface area contributed by atoms with E-state index in [1.807, 2.05) is 32.0 Å². The highest BCUT2D eigenvalue weighted by Crippen LogP contribution is 2.38. The number of anilines is 2. The molecule has 0 saturated heterocycles. The van der Waals surface area contributed by atoms with E-state index in [-0.39, 0.29) is 22.7 Å². The van der Waals surface area contributed by atoms with Crippen molar-refractivity contribution in [2.75, 3.05) is 38.9 Å². The summed E-state index contributed by atoms with van der Waals surface area (Å²) in [6.45, 7) is 3.99. The molecule has 228 valence electrons. The van der Waals surface area contributed by atoms with Gasteiger partial charge in [-0.3, -0.25) is 14.2 Å². The lowest BCUT2D eigenvalue weighted by atomic mass is 10.0. The first kappa shape index (κ1) is 32.0. The predicted molar refractivity (Wildman–Crippen MR) is 173 cm³/mol. The summed E-state index contributed by atoms with van der Waals surface area (Å²) in [5, 5.41) is 19.2. The molecular weight excluding hydrogens is 582 g/mol. The standard InChI is InChI=1S/C32H34ClN7O4/c1-32(2,36-4)16-21(17-34)29(41)38-22-9-7-8-19(12-22)10-11-40-28-20(18-37-31(35-3)39-28)13-25(30(40)42)24-14-23(43-5)15-26(44-6)27(24)33/h7-9,12-16,18,36H,10-11H2,1-6H3,(H,38,41)(H,35,37,39). The Labute approximate surface area is 260 Å². The van der Waals surface area contributed by atoms with E-state index in [9.17, 15) is 14.9 Å². The Kier molecular flexibility index (Phi) is 9.88. The van der Waals surface area contributed by atoms with E-state index in [0.29, 0.717) is 51.7 Å². The molecule has 0 atom stereocenters. The molecule has 12 heteroatoms. The molecule has 11 nitrogen and oxygen atoms in total. The number of methoxy groups -OCH3 is 2. The van der Waals surface area contributed by atoms with Crippen LogP contribution in [0.5, 0.6) is 11.5 Å². The van der Waals surface area contributed by atoms with Crippen LogP contribution >= 0.6 is 11.6 Å². The van der Waals surface area contributed by atoms with Crippen LogP contribution in [0.15, 0.2) is 65.1 Å². The summed E-state index contributed by atoms with van der Waals surface area (Å²) in [4.78, 5) is 35.8. The normalized spacial score (nSPS) is 11.6. The zero-order valence-electron chi connectivity index (χ0n) is 25.4. The highest BCUT2D eigenvalue weighted by Gasteiger charge is 2.20. The lowest BCUT2D eigenvalue weighted by Gasteiger charge is -2.19. The average Bonchev–Trinajstić information content (AvgIpc) is 3.03. The van der Waals surface area contributed by atoms with Gasteiger partial charge >= 0.3 is 0 Å². The largest absolute Gasteiger partial charge is 0.497 e. The summed E-state index contributed by atoms with van der Waals surface area (Å²) in [6, 6.07) is 14.3. The Morgan fingerprint density at radius 3 is 2.57 bits per heavy atom. The molecule has 0 aliphatic heterocycles. The second kappa shape index (κ2) is 13.6. The highest BCUT2D eigenvalue weighted by atomic mass is 35.5. The Balaban J connectivity index is 1.72. The van der Waals surface area contributed by atoms with Gasteiger partial charge in [-0.2, -0.15) is 10.2 Å². The summed E-state index contributed by atoms with van der Waals surface area (Å²) < 4.78 is 12.4. The lowest BCUT2D eigenvalue weighted by Crippen LogP contribution is -2.35. The first-order valence-corrected chi connectivity index (χ1v) is 14.1. The van der Waals surface area contributed by atoms with Gasteiger partial charge in [0.1, 0.15) is 28.8 Å². The molecule has 0 aliphatic carbocycles. The minimum Gasteiger partial charge on any atom is -0.497 e. The van der Waals surface area contributed by atoms with Gasteiger partial charge in [-0.1, -0.05) is 23.7 Å². The number of nitrogens with zero attached hydrogens (tertiary/aromatic N) is 4. The fourth-order valence-corrected chi connectivity index (χ4v) is 4.83. The number of aryl methyl sites for hydroxylation is 2. The summed E-state index contributed by atoms with van der Waals surface area (Å²) >= 11 is 6.67. The van der Waals surface area contributed by atoms with E-state index in [1.54, 1.807) is 61.3 Å². The van der Waals surface area contributed by atoms with E-state index in [2.05, 4.69) is 25.9 Å². The molecule has 2 aromatic carbocycles. The van der Waals surface area contributed by atoms with Gasteiger partial charge in [0, 0.05) is 53.6 Å². The first-order valence-electron chi connectivity index (χ1n) is 13.8. The van der Waals surface area contributed by atoms with Crippen molar-refractivity contribution in [3.05, 3.63) is 81.3 Å². The first-order chi connectivity index (χ1) is 21.0. The maximum atomic E-state index is 14.1. The zero-order chi connectivity index (χ0) is 32.0. The Morgan fingerprint density at radius 2 is 1.91 bits per heavy atom. The lowest BCUT2D eigenvalue weighted by molar-refractivity contribution is -0.112. The summed E-state index contributed by atoms with van der Waals surface area (Å²) in [6.07, 6.45) is 3.66. The molecule has 2 aromatic heterocycles. The van der Waals surface area contributed by atoms with Crippen molar-refractivity contribution >= 4 is 40.2 Å². The molecule has 0 spiro atoms. The number of fused-ring (bicyclic) bond motifs is 1. The van der Waals surface area contributed by atoms with Crippen molar-refractivity contribution < 1.29 is 14.3 Å². The second-order valence-corrected chi connectivity index (χ2v) is 10.9. The molecule has 4 rings (SSSR count). The number of halogens is 1. The number of pyridine rings is 1. The van der Waals surface area contributed by atoms with Crippen molar-refractivity contribution in [2.24, 2.45) is 0 Å². The second-order valence-electron chi connectivity index (χ2n) is 10.5. The molecule has 0 bridgehead atoms. The van der Waals surface area contributed by atoms with Gasteiger partial charge in [-0.05, 0) is 63.2 Å². The summed E-state index contributed by atoms with van der Waals surface area (Å²) in [5.74, 6) is 0.713. The number of nitrogens with one attached hydrogen (secondary N) is 3. The van der Waals surface area contributed by atoms with Gasteiger partial charge < -0.3 is 25.4 Å². The van der Waals surface area contributed by atoms with Crippen molar-refractivity contribution in [2.45, 2.75) is 32.4 Å². The van der Waals surface area contributed by atoms with E-state index >= 15 is 0 Å². The third-order valence-electron chi connectivity index (χ3n) is 7.13. The van der Waals surface area contributed by atoms with Gasteiger partial charge in [0.15, 0.2) is 0 Å². The third-order valence-corrected chi connectivity index (χ3v) is 7.52. The van der Waals surface area contributed by atoms with Crippen LogP contribution in [0.3, 0.4) is 0 Å². The monoisotopic (exact) mass is 615 g/mol. The van der Waals surface area contributed by atoms with E-state index in [1.165, 1.54) is 14.2 Å². The molecule has 44 heavy (non-hydrogen) atoms. The topological polar surface area (TPSA) is 143 Å². The third kappa shape index (κ3) is 6.99. The zero-order valence-corrected chi connectivity index (χ0v) is 26.2. The van der Waals surface area contributed by atoms with Crippen LogP contribution in [0, 0.1) is 11.3 Å². The number of hydrogen-bond acceptors (Lipinski definition) is 9. The Hall–Kier alpha value is -4.92. The fourth-order valence-electron chi connectivity index (χ4n) is 4.54. The number of benzene rings is 2. The van der Waals surface area contributed by atoms with Crippen LogP contribution in [0.25, 0.3) is 22.2 Å². The van der Waals surface area contributed by atoms with Crippen LogP contribution < -0.4 is 31.0 Å². The summed E-state index contributed by atoms with van der Waals surface area (Å²) in [7, 11) is 6.47. The molecule has 0 saturated carbocycles. The van der Waals surface area contributed by atoms with Crippen LogP contribution in [-0.2, 0) is 17.8 Å². The predicted octanol–water partition coefficient (Wildman–Crippen LogP) is 4.80. The number of likely N-dealkylation sites (N-methyl/N-ethyl adjacent to an activating group) is 1. The highest BCUT2D eigenvalue weighted by molar-refractivity contribution is 6.35. The quantitative estimate of drug-likeness (QED) is 0.160. The van der Waals surface area contributed by atoms with Crippen molar-refractivity contribution in [1.82, 2.24) is 19.9 Å². The van der Waals surface area contributed by atoms with E-state index in [4.69, 9.17) is 21.1 Å². The molecular formula is C32H34ClN7O4. The van der Waals surface area contributed by atoms with Gasteiger partial charge in [0.05, 0.1) is 19.2 Å². The van der Waals surface area contributed by atoms with Crippen molar-refractivity contribution in [1.29, 1.82) is 5.26 Å². The molecule has 4 aromatic rings. The molecule has 0 unspecified atom stereocenters. The minimum absolute atomic E-state index is 0.00237. The van der Waals surface area contributed by atoms with Gasteiger partial charge in [0.2, 0.25) is 5.95 Å². The molecule has 3 N–H and O–H groups in total. The Bertz CT molecular complexity index is 1840. The van der Waals surface area contributed by atoms with Crippen molar-refractivity contribution in [3.63, 3.8) is 0 Å². The molecule has 0 aliphatic rings. The fraction of sp³-hybridized carbons (Fsp3) is 0.281. The molecule has 2 heterocycles. The van der Waals surface area contributed by atoms with Crippen LogP contribution in [0.4, 0.5) is 11.6 Å². The number of ether oxygens (including phenoxy) is 2. The van der Waals surface area contributed by atoms with Gasteiger partial charge in [-0.15, -0.1) is 0 Å². The molecule has 0 fully saturated rings. The SMILES string of the molecule is CNc1ncc2cc(-c3cc(OC)cc(OC)c3Cl)c(=O)n(CCc3cccc(NC(=O)C(C#N)=CC(C)(C)NC)c3)c2n1. The molecule has 0 radical (unpaired) electrons. The summed E-state index contributed by atoms with van der Waals surface area (Å²) in [5.41, 5.74) is 1.77. The Morgan fingerprint density at radius 1 is 1.14 bits per heavy atom. The van der Waals surface area contributed by atoms with Gasteiger partial charge in [-0.25, -0.2) is 4.98 Å². The van der Waals surface area contributed by atoms with Gasteiger partial charge in [0.25, 0.3) is 11.5 Å². The van der Waals surface area contributed by atoms with Crippen LogP contribution in [-0.4, -0.2) is 54.3 Å². The minimum atomic E-state index is -0.536. The number of hydrogen-bond donors (Lipinski definition) is 3. The molecule has 1 amide bonds. The number of nitriles is 1.